The van der Waals surface area contributed by atoms with Gasteiger partial charge < -0.3 is 4.90 Å². The monoisotopic (exact) mass is 274 g/mol. The smallest absolute Gasteiger partial charge is 0.256 e. The number of rotatable bonds is 4. The number of pyridine rings is 1. The molecule has 0 radical (unpaired) electrons. The van der Waals surface area contributed by atoms with Crippen LogP contribution in [0.4, 0.5) is 4.39 Å². The van der Waals surface area contributed by atoms with Gasteiger partial charge in [-0.15, -0.1) is 0 Å². The summed E-state index contributed by atoms with van der Waals surface area (Å²) in [6, 6.07) is 1.40. The van der Waals surface area contributed by atoms with E-state index in [1.807, 2.05) is 6.92 Å². The van der Waals surface area contributed by atoms with Crippen molar-refractivity contribution >= 4 is 21.8 Å². The molecule has 15 heavy (non-hydrogen) atoms. The van der Waals surface area contributed by atoms with Crippen LogP contribution in [0.3, 0.4) is 0 Å². The molecule has 3 nitrogen and oxygen atoms in total. The average Bonchev–Trinajstić information content (AvgIpc) is 2.25. The fourth-order valence-electron chi connectivity index (χ4n) is 1.22. The molecule has 0 bridgehead atoms. The summed E-state index contributed by atoms with van der Waals surface area (Å²) in [5.74, 6) is -0.868. The number of halogens is 2. The highest BCUT2D eigenvalue weighted by Gasteiger charge is 2.16. The van der Waals surface area contributed by atoms with Crippen LogP contribution in [0.5, 0.6) is 0 Å². The van der Waals surface area contributed by atoms with Crippen LogP contribution in [0.2, 0.25) is 0 Å². The lowest BCUT2D eigenvalue weighted by Crippen LogP contribution is -2.33. The first kappa shape index (κ1) is 12.1. The molecule has 0 atom stereocenters. The molecule has 1 amide bonds. The van der Waals surface area contributed by atoms with Crippen molar-refractivity contribution in [2.45, 2.75) is 6.92 Å². The van der Waals surface area contributed by atoms with Gasteiger partial charge in [-0.25, -0.2) is 4.39 Å². The predicted octanol–water partition coefficient (Wildman–Crippen LogP) is 2.08. The van der Waals surface area contributed by atoms with E-state index in [-0.39, 0.29) is 11.5 Å². The Morgan fingerprint density at radius 3 is 2.93 bits per heavy atom. The minimum Gasteiger partial charge on any atom is -0.338 e. The van der Waals surface area contributed by atoms with Gasteiger partial charge in [0.15, 0.2) is 5.82 Å². The molecule has 1 heterocycles. The van der Waals surface area contributed by atoms with Gasteiger partial charge in [0.2, 0.25) is 0 Å². The highest BCUT2D eigenvalue weighted by atomic mass is 79.9. The molecule has 1 aromatic rings. The standard InChI is InChI=1S/C10H12BrFN2O/c1-2-14(6-4-11)10(15)8-3-5-13-7-9(8)12/h3,5,7H,2,4,6H2,1H3. The van der Waals surface area contributed by atoms with E-state index < -0.39 is 5.82 Å². The van der Waals surface area contributed by atoms with Crippen LogP contribution in [0, 0.1) is 5.82 Å². The van der Waals surface area contributed by atoms with Gasteiger partial charge in [0, 0.05) is 24.6 Å². The maximum atomic E-state index is 13.3. The summed E-state index contributed by atoms with van der Waals surface area (Å²) in [5.41, 5.74) is 0.0767. The minimum absolute atomic E-state index is 0.0767. The molecule has 0 saturated carbocycles. The molecule has 0 aliphatic rings. The Bertz CT molecular complexity index is 346. The van der Waals surface area contributed by atoms with E-state index in [2.05, 4.69) is 20.9 Å². The molecule has 5 heteroatoms. The SMILES string of the molecule is CCN(CCBr)C(=O)c1ccncc1F. The number of hydrogen-bond donors (Lipinski definition) is 0. The van der Waals surface area contributed by atoms with Crippen molar-refractivity contribution in [3.8, 4) is 0 Å². The van der Waals surface area contributed by atoms with Crippen LogP contribution in [0.1, 0.15) is 17.3 Å². The van der Waals surface area contributed by atoms with Gasteiger partial charge in [-0.3, -0.25) is 9.78 Å². The van der Waals surface area contributed by atoms with Crippen molar-refractivity contribution < 1.29 is 9.18 Å². The molecule has 1 rings (SSSR count). The third-order valence-electron chi connectivity index (χ3n) is 2.03. The topological polar surface area (TPSA) is 33.2 Å². The highest BCUT2D eigenvalue weighted by molar-refractivity contribution is 9.09. The third kappa shape index (κ3) is 2.99. The quantitative estimate of drug-likeness (QED) is 0.788. The Balaban J connectivity index is 2.88. The molecule has 1 aromatic heterocycles. The first-order valence-electron chi connectivity index (χ1n) is 4.65. The maximum absolute atomic E-state index is 13.3. The van der Waals surface area contributed by atoms with E-state index in [4.69, 9.17) is 0 Å². The second kappa shape index (κ2) is 5.80. The maximum Gasteiger partial charge on any atom is 0.256 e. The highest BCUT2D eigenvalue weighted by Crippen LogP contribution is 2.08. The molecule has 0 N–H and O–H groups in total. The van der Waals surface area contributed by atoms with Crippen LogP contribution in [0.15, 0.2) is 18.5 Å². The van der Waals surface area contributed by atoms with Gasteiger partial charge in [0.05, 0.1) is 11.8 Å². The van der Waals surface area contributed by atoms with Crippen molar-refractivity contribution in [1.82, 2.24) is 9.88 Å². The molecule has 0 unspecified atom stereocenters. The molecular weight excluding hydrogens is 263 g/mol. The largest absolute Gasteiger partial charge is 0.338 e. The molecule has 0 aromatic carbocycles. The molecular formula is C10H12BrFN2O. The number of amides is 1. The number of hydrogen-bond acceptors (Lipinski definition) is 2. The third-order valence-corrected chi connectivity index (χ3v) is 2.38. The number of alkyl halides is 1. The Morgan fingerprint density at radius 2 is 2.40 bits per heavy atom. The van der Waals surface area contributed by atoms with E-state index >= 15 is 0 Å². The Hall–Kier alpha value is -0.970. The molecule has 0 saturated heterocycles. The summed E-state index contributed by atoms with van der Waals surface area (Å²) >= 11 is 3.25. The fourth-order valence-corrected chi connectivity index (χ4v) is 1.65. The van der Waals surface area contributed by atoms with Gasteiger partial charge in [0.1, 0.15) is 0 Å². The van der Waals surface area contributed by atoms with Crippen molar-refractivity contribution in [2.75, 3.05) is 18.4 Å². The summed E-state index contributed by atoms with van der Waals surface area (Å²) in [6.45, 7) is 2.99. The van der Waals surface area contributed by atoms with Crippen molar-refractivity contribution in [3.63, 3.8) is 0 Å². The summed E-state index contributed by atoms with van der Waals surface area (Å²) in [6.07, 6.45) is 2.47. The first-order chi connectivity index (χ1) is 7.20. The fraction of sp³-hybridized carbons (Fsp3) is 0.400. The second-order valence-electron chi connectivity index (χ2n) is 2.93. The lowest BCUT2D eigenvalue weighted by Gasteiger charge is -2.19. The minimum atomic E-state index is -0.574. The predicted molar refractivity (Wildman–Crippen MR) is 59.6 cm³/mol. The van der Waals surface area contributed by atoms with E-state index in [1.54, 1.807) is 4.90 Å². The second-order valence-corrected chi connectivity index (χ2v) is 3.72. The van der Waals surface area contributed by atoms with Crippen LogP contribution in [0.25, 0.3) is 0 Å². The Kier molecular flexibility index (Phi) is 4.68. The number of nitrogens with zero attached hydrogens (tertiary/aromatic N) is 2. The van der Waals surface area contributed by atoms with Gasteiger partial charge in [-0.05, 0) is 13.0 Å². The first-order valence-corrected chi connectivity index (χ1v) is 5.77. The number of carbonyl (C=O) groups is 1. The van der Waals surface area contributed by atoms with E-state index in [0.29, 0.717) is 18.4 Å². The molecule has 82 valence electrons. The van der Waals surface area contributed by atoms with Crippen LogP contribution in [-0.2, 0) is 0 Å². The molecule has 0 aliphatic carbocycles. The van der Waals surface area contributed by atoms with Gasteiger partial charge in [-0.1, -0.05) is 15.9 Å². The normalized spacial score (nSPS) is 10.1. The Labute approximate surface area is 96.4 Å². The van der Waals surface area contributed by atoms with Gasteiger partial charge in [0.25, 0.3) is 5.91 Å². The van der Waals surface area contributed by atoms with Crippen LogP contribution < -0.4 is 0 Å². The van der Waals surface area contributed by atoms with Crippen molar-refractivity contribution in [1.29, 1.82) is 0 Å². The van der Waals surface area contributed by atoms with Crippen LogP contribution >= 0.6 is 15.9 Å². The Morgan fingerprint density at radius 1 is 1.67 bits per heavy atom. The van der Waals surface area contributed by atoms with Crippen molar-refractivity contribution in [2.24, 2.45) is 0 Å². The van der Waals surface area contributed by atoms with Gasteiger partial charge >= 0.3 is 0 Å². The van der Waals surface area contributed by atoms with Crippen molar-refractivity contribution in [3.05, 3.63) is 29.8 Å². The summed E-state index contributed by atoms with van der Waals surface area (Å²) in [7, 11) is 0. The summed E-state index contributed by atoms with van der Waals surface area (Å²) in [4.78, 5) is 17.0. The lowest BCUT2D eigenvalue weighted by molar-refractivity contribution is 0.0770. The zero-order chi connectivity index (χ0) is 11.3. The summed E-state index contributed by atoms with van der Waals surface area (Å²) < 4.78 is 13.3. The zero-order valence-electron chi connectivity index (χ0n) is 8.41. The lowest BCUT2D eigenvalue weighted by atomic mass is 10.2. The molecule has 0 fully saturated rings. The van der Waals surface area contributed by atoms with E-state index in [0.717, 1.165) is 6.20 Å². The van der Waals surface area contributed by atoms with Gasteiger partial charge in [-0.2, -0.15) is 0 Å². The van der Waals surface area contributed by atoms with Crippen LogP contribution in [-0.4, -0.2) is 34.2 Å². The molecule has 0 spiro atoms. The number of aromatic nitrogens is 1. The van der Waals surface area contributed by atoms with E-state index in [1.165, 1.54) is 12.3 Å². The summed E-state index contributed by atoms with van der Waals surface area (Å²) in [5, 5.41) is 0.680. The number of carbonyl (C=O) groups excluding carboxylic acids is 1. The molecule has 0 aliphatic heterocycles. The average molecular weight is 275 g/mol. The zero-order valence-corrected chi connectivity index (χ0v) is 10.00. The van der Waals surface area contributed by atoms with E-state index in [9.17, 15) is 9.18 Å².